The van der Waals surface area contributed by atoms with Gasteiger partial charge in [0.15, 0.2) is 0 Å². The van der Waals surface area contributed by atoms with Gasteiger partial charge in [0.2, 0.25) is 11.8 Å². The van der Waals surface area contributed by atoms with E-state index in [1.54, 1.807) is 12.1 Å². The third-order valence-electron chi connectivity index (χ3n) is 3.93. The lowest BCUT2D eigenvalue weighted by Gasteiger charge is -2.31. The van der Waals surface area contributed by atoms with Gasteiger partial charge in [0, 0.05) is 22.2 Å². The highest BCUT2D eigenvalue weighted by atomic mass is 35.5. The van der Waals surface area contributed by atoms with Crippen LogP contribution in [0.3, 0.4) is 0 Å². The average Bonchev–Trinajstić information content (AvgIpc) is 2.45. The summed E-state index contributed by atoms with van der Waals surface area (Å²) in [5.41, 5.74) is 0.506. The van der Waals surface area contributed by atoms with Crippen molar-refractivity contribution in [3.05, 3.63) is 29.3 Å². The van der Waals surface area contributed by atoms with Gasteiger partial charge in [-0.1, -0.05) is 17.7 Å². The van der Waals surface area contributed by atoms with Crippen LogP contribution in [0, 0.1) is 5.92 Å². The first-order valence-corrected chi connectivity index (χ1v) is 8.70. The Labute approximate surface area is 148 Å². The van der Waals surface area contributed by atoms with E-state index in [1.165, 1.54) is 0 Å². The number of hydrogen-bond acceptors (Lipinski definition) is 3. The minimum atomic E-state index is -0.216. The smallest absolute Gasteiger partial charge is 0.234 e. The second kappa shape index (κ2) is 7.99. The molecule has 1 aromatic rings. The summed E-state index contributed by atoms with van der Waals surface area (Å²) < 4.78 is 0. The molecule has 1 aromatic carbocycles. The van der Waals surface area contributed by atoms with Gasteiger partial charge in [0.05, 0.1) is 6.54 Å². The van der Waals surface area contributed by atoms with Crippen molar-refractivity contribution < 1.29 is 9.59 Å². The third kappa shape index (κ3) is 6.13. The van der Waals surface area contributed by atoms with Crippen LogP contribution >= 0.6 is 11.6 Å². The number of rotatable bonds is 4. The van der Waals surface area contributed by atoms with Crippen molar-refractivity contribution in [2.24, 2.45) is 5.92 Å². The Balaban J connectivity index is 1.78. The van der Waals surface area contributed by atoms with E-state index in [2.05, 4.69) is 15.5 Å². The summed E-state index contributed by atoms with van der Waals surface area (Å²) in [7, 11) is 0. The van der Waals surface area contributed by atoms with Gasteiger partial charge < -0.3 is 10.6 Å². The molecule has 132 valence electrons. The predicted molar refractivity (Wildman–Crippen MR) is 97.1 cm³/mol. The predicted octanol–water partition coefficient (Wildman–Crippen LogP) is 2.91. The second-order valence-corrected chi connectivity index (χ2v) is 7.78. The van der Waals surface area contributed by atoms with Crippen molar-refractivity contribution in [2.75, 3.05) is 25.0 Å². The lowest BCUT2D eigenvalue weighted by atomic mass is 9.95. The molecule has 0 atom stereocenters. The van der Waals surface area contributed by atoms with Gasteiger partial charge in [0.1, 0.15) is 0 Å². The van der Waals surface area contributed by atoms with Crippen LogP contribution in [0.15, 0.2) is 24.3 Å². The molecule has 0 radical (unpaired) electrons. The number of carbonyl (C=O) groups excluding carboxylic acids is 2. The van der Waals surface area contributed by atoms with Crippen LogP contribution < -0.4 is 10.6 Å². The van der Waals surface area contributed by atoms with Gasteiger partial charge in [0.25, 0.3) is 0 Å². The molecule has 0 spiro atoms. The van der Waals surface area contributed by atoms with Crippen LogP contribution in [0.25, 0.3) is 0 Å². The Morgan fingerprint density at radius 1 is 1.25 bits per heavy atom. The summed E-state index contributed by atoms with van der Waals surface area (Å²) in [4.78, 5) is 26.4. The fourth-order valence-electron chi connectivity index (χ4n) is 2.82. The molecule has 0 aromatic heterocycles. The molecular formula is C18H26ClN3O2. The molecule has 2 amide bonds. The molecule has 0 aliphatic carbocycles. The van der Waals surface area contributed by atoms with E-state index in [9.17, 15) is 9.59 Å². The lowest BCUT2D eigenvalue weighted by molar-refractivity contribution is -0.124. The van der Waals surface area contributed by atoms with Crippen LogP contribution in [-0.2, 0) is 9.59 Å². The van der Waals surface area contributed by atoms with E-state index in [1.807, 2.05) is 32.9 Å². The van der Waals surface area contributed by atoms with Gasteiger partial charge in [-0.05, 0) is 64.9 Å². The zero-order chi connectivity index (χ0) is 17.7. The van der Waals surface area contributed by atoms with E-state index < -0.39 is 0 Å². The van der Waals surface area contributed by atoms with Crippen LogP contribution in [0.5, 0.6) is 0 Å². The van der Waals surface area contributed by atoms with Crippen LogP contribution in [0.2, 0.25) is 5.02 Å². The highest BCUT2D eigenvalue weighted by molar-refractivity contribution is 6.30. The molecule has 24 heavy (non-hydrogen) atoms. The summed E-state index contributed by atoms with van der Waals surface area (Å²) in [6.07, 6.45) is 1.52. The Morgan fingerprint density at radius 3 is 2.50 bits per heavy atom. The highest BCUT2D eigenvalue weighted by Gasteiger charge is 2.26. The van der Waals surface area contributed by atoms with Gasteiger partial charge in [-0.25, -0.2) is 0 Å². The fourth-order valence-corrected chi connectivity index (χ4v) is 3.01. The number of piperidine rings is 1. The molecule has 1 aliphatic heterocycles. The minimum absolute atomic E-state index is 0.0223. The van der Waals surface area contributed by atoms with Crippen molar-refractivity contribution in [3.63, 3.8) is 0 Å². The first kappa shape index (κ1) is 18.7. The van der Waals surface area contributed by atoms with E-state index in [-0.39, 0.29) is 23.3 Å². The molecule has 0 saturated carbocycles. The number of halogens is 1. The van der Waals surface area contributed by atoms with E-state index in [0.717, 1.165) is 31.6 Å². The Hall–Kier alpha value is -1.59. The number of nitrogens with one attached hydrogen (secondary N) is 2. The third-order valence-corrected chi connectivity index (χ3v) is 4.17. The standard InChI is InChI=1S/C18H26ClN3O2/c1-18(2,3)21-16(23)12-22-9-7-13(8-10-22)17(24)20-15-6-4-5-14(19)11-15/h4-6,11,13H,7-10,12H2,1-3H3,(H,20,24)(H,21,23). The van der Waals surface area contributed by atoms with Gasteiger partial charge in [-0.15, -0.1) is 0 Å². The van der Waals surface area contributed by atoms with Crippen molar-refractivity contribution in [3.8, 4) is 0 Å². The maximum atomic E-state index is 12.3. The highest BCUT2D eigenvalue weighted by Crippen LogP contribution is 2.21. The van der Waals surface area contributed by atoms with Gasteiger partial charge in [-0.2, -0.15) is 0 Å². The first-order chi connectivity index (χ1) is 11.2. The zero-order valence-electron chi connectivity index (χ0n) is 14.6. The summed E-state index contributed by atoms with van der Waals surface area (Å²) in [5.74, 6) is 0.0336. The van der Waals surface area contributed by atoms with Crippen LogP contribution in [-0.4, -0.2) is 41.9 Å². The van der Waals surface area contributed by atoms with Gasteiger partial charge >= 0.3 is 0 Å². The maximum absolute atomic E-state index is 12.3. The van der Waals surface area contributed by atoms with Crippen LogP contribution in [0.4, 0.5) is 5.69 Å². The second-order valence-electron chi connectivity index (χ2n) is 7.35. The van der Waals surface area contributed by atoms with Crippen molar-refractivity contribution in [2.45, 2.75) is 39.2 Å². The molecule has 1 saturated heterocycles. The molecule has 1 fully saturated rings. The Kier molecular flexibility index (Phi) is 6.24. The maximum Gasteiger partial charge on any atom is 0.234 e. The normalized spacial score (nSPS) is 16.7. The van der Waals surface area contributed by atoms with Crippen molar-refractivity contribution in [1.82, 2.24) is 10.2 Å². The molecule has 1 aliphatic rings. The Bertz CT molecular complexity index is 590. The largest absolute Gasteiger partial charge is 0.350 e. The molecule has 2 rings (SSSR count). The lowest BCUT2D eigenvalue weighted by Crippen LogP contribution is -2.48. The van der Waals surface area contributed by atoms with Crippen LogP contribution in [0.1, 0.15) is 33.6 Å². The van der Waals surface area contributed by atoms with Crippen molar-refractivity contribution in [1.29, 1.82) is 0 Å². The molecule has 2 N–H and O–H groups in total. The quantitative estimate of drug-likeness (QED) is 0.876. The minimum Gasteiger partial charge on any atom is -0.350 e. The number of hydrogen-bond donors (Lipinski definition) is 2. The first-order valence-electron chi connectivity index (χ1n) is 8.33. The van der Waals surface area contributed by atoms with E-state index >= 15 is 0 Å². The molecule has 6 heteroatoms. The number of anilines is 1. The Morgan fingerprint density at radius 2 is 1.92 bits per heavy atom. The number of nitrogens with zero attached hydrogens (tertiary/aromatic N) is 1. The number of likely N-dealkylation sites (tertiary alicyclic amines) is 1. The zero-order valence-corrected chi connectivity index (χ0v) is 15.3. The topological polar surface area (TPSA) is 61.4 Å². The fraction of sp³-hybridized carbons (Fsp3) is 0.556. The molecule has 5 nitrogen and oxygen atoms in total. The van der Waals surface area contributed by atoms with Gasteiger partial charge in [-0.3, -0.25) is 14.5 Å². The SMILES string of the molecule is CC(C)(C)NC(=O)CN1CCC(C(=O)Nc2cccc(Cl)c2)CC1. The monoisotopic (exact) mass is 351 g/mol. The summed E-state index contributed by atoms with van der Waals surface area (Å²) in [5, 5.41) is 6.49. The summed E-state index contributed by atoms with van der Waals surface area (Å²) in [6, 6.07) is 7.16. The summed E-state index contributed by atoms with van der Waals surface area (Å²) in [6.45, 7) is 7.81. The number of amides is 2. The molecule has 0 unspecified atom stereocenters. The summed E-state index contributed by atoms with van der Waals surface area (Å²) >= 11 is 5.93. The van der Waals surface area contributed by atoms with Crippen molar-refractivity contribution >= 4 is 29.1 Å². The van der Waals surface area contributed by atoms with E-state index in [4.69, 9.17) is 11.6 Å². The number of carbonyl (C=O) groups is 2. The molecule has 0 bridgehead atoms. The van der Waals surface area contributed by atoms with E-state index in [0.29, 0.717) is 11.6 Å². The molecular weight excluding hydrogens is 326 g/mol. The number of benzene rings is 1. The average molecular weight is 352 g/mol. The molecule has 1 heterocycles.